The number of carbonyl (C=O) groups is 1. The zero-order chi connectivity index (χ0) is 12.4. The second-order valence-electron chi connectivity index (χ2n) is 4.70. The molecule has 0 bridgehead atoms. The van der Waals surface area contributed by atoms with E-state index in [9.17, 15) is 4.79 Å². The van der Waals surface area contributed by atoms with E-state index in [0.29, 0.717) is 17.3 Å². The molecule has 0 radical (unpaired) electrons. The number of hydrogen-bond donors (Lipinski definition) is 3. The van der Waals surface area contributed by atoms with Gasteiger partial charge in [-0.15, -0.1) is 0 Å². The minimum Gasteiger partial charge on any atom is -0.399 e. The molecule has 0 heterocycles. The molecule has 2 unspecified atom stereocenters. The lowest BCUT2D eigenvalue weighted by Crippen LogP contribution is -2.16. The summed E-state index contributed by atoms with van der Waals surface area (Å²) in [6, 6.07) is 5.72. The van der Waals surface area contributed by atoms with Gasteiger partial charge in [0.05, 0.1) is 5.56 Å². The third kappa shape index (κ3) is 2.70. The van der Waals surface area contributed by atoms with Gasteiger partial charge in [-0.25, -0.2) is 0 Å². The van der Waals surface area contributed by atoms with E-state index in [4.69, 9.17) is 11.5 Å². The van der Waals surface area contributed by atoms with Gasteiger partial charge in [0.2, 0.25) is 0 Å². The molecule has 0 aromatic heterocycles. The molecular weight excluding hydrogens is 214 g/mol. The molecule has 2 rings (SSSR count). The average molecular weight is 233 g/mol. The van der Waals surface area contributed by atoms with Crippen LogP contribution in [0.5, 0.6) is 0 Å². The van der Waals surface area contributed by atoms with Gasteiger partial charge < -0.3 is 16.8 Å². The van der Waals surface area contributed by atoms with Gasteiger partial charge in [-0.05, 0) is 37.0 Å². The van der Waals surface area contributed by atoms with E-state index < -0.39 is 5.91 Å². The van der Waals surface area contributed by atoms with Crippen molar-refractivity contribution < 1.29 is 4.79 Å². The zero-order valence-corrected chi connectivity index (χ0v) is 10.1. The first-order valence-corrected chi connectivity index (χ1v) is 6.07. The van der Waals surface area contributed by atoms with E-state index >= 15 is 0 Å². The van der Waals surface area contributed by atoms with Crippen LogP contribution in [0.2, 0.25) is 0 Å². The van der Waals surface area contributed by atoms with Crippen molar-refractivity contribution in [2.24, 2.45) is 11.7 Å². The van der Waals surface area contributed by atoms with Gasteiger partial charge in [-0.1, -0.05) is 13.3 Å². The first-order valence-electron chi connectivity index (χ1n) is 6.07. The summed E-state index contributed by atoms with van der Waals surface area (Å²) in [6.45, 7) is 2.19. The zero-order valence-electron chi connectivity index (χ0n) is 10.1. The van der Waals surface area contributed by atoms with Gasteiger partial charge in [-0.3, -0.25) is 4.79 Å². The molecule has 0 aliphatic heterocycles. The number of amides is 1. The third-order valence-electron chi connectivity index (χ3n) is 3.23. The highest BCUT2D eigenvalue weighted by atomic mass is 16.1. The number of anilines is 2. The molecule has 1 amide bonds. The van der Waals surface area contributed by atoms with Crippen molar-refractivity contribution in [1.82, 2.24) is 0 Å². The summed E-state index contributed by atoms with van der Waals surface area (Å²) in [4.78, 5) is 11.3. The Morgan fingerprint density at radius 3 is 2.94 bits per heavy atom. The van der Waals surface area contributed by atoms with Crippen molar-refractivity contribution in [1.29, 1.82) is 0 Å². The Morgan fingerprint density at radius 1 is 1.53 bits per heavy atom. The fourth-order valence-electron chi connectivity index (χ4n) is 2.21. The molecule has 1 aromatic rings. The maximum Gasteiger partial charge on any atom is 0.250 e. The highest BCUT2D eigenvalue weighted by Crippen LogP contribution is 2.38. The smallest absolute Gasteiger partial charge is 0.250 e. The Morgan fingerprint density at radius 2 is 2.29 bits per heavy atom. The maximum absolute atomic E-state index is 11.3. The van der Waals surface area contributed by atoms with Crippen LogP contribution >= 0.6 is 0 Å². The standard InChI is InChI=1S/C13H19N3O/c1-2-3-8-6-12(8)16-11-5-4-9(14)7-10(11)13(15)17/h4-5,7-8,12,16H,2-3,6,14H2,1H3,(H2,15,17). The largest absolute Gasteiger partial charge is 0.399 e. The first-order chi connectivity index (χ1) is 8.11. The number of nitrogens with two attached hydrogens (primary N) is 2. The van der Waals surface area contributed by atoms with Crippen LogP contribution in [-0.2, 0) is 0 Å². The highest BCUT2D eigenvalue weighted by molar-refractivity contribution is 5.99. The molecule has 2 atom stereocenters. The lowest BCUT2D eigenvalue weighted by atomic mass is 10.1. The number of hydrogen-bond acceptors (Lipinski definition) is 3. The molecule has 1 aliphatic carbocycles. The molecule has 4 nitrogen and oxygen atoms in total. The summed E-state index contributed by atoms with van der Waals surface area (Å²) in [5.41, 5.74) is 12.8. The summed E-state index contributed by atoms with van der Waals surface area (Å²) in [5.74, 6) is 0.297. The molecule has 1 saturated carbocycles. The molecule has 0 saturated heterocycles. The Labute approximate surface area is 101 Å². The quantitative estimate of drug-likeness (QED) is 0.680. The predicted molar refractivity (Wildman–Crippen MR) is 69.8 cm³/mol. The van der Waals surface area contributed by atoms with E-state index in [1.165, 1.54) is 19.3 Å². The molecule has 92 valence electrons. The summed E-state index contributed by atoms with van der Waals surface area (Å²) >= 11 is 0. The Balaban J connectivity index is 2.08. The Kier molecular flexibility index (Phi) is 3.22. The van der Waals surface area contributed by atoms with Crippen molar-refractivity contribution in [3.05, 3.63) is 23.8 Å². The molecular formula is C13H19N3O. The minimum absolute atomic E-state index is 0.438. The third-order valence-corrected chi connectivity index (χ3v) is 3.23. The fourth-order valence-corrected chi connectivity index (χ4v) is 2.21. The van der Waals surface area contributed by atoms with Gasteiger partial charge in [-0.2, -0.15) is 0 Å². The lowest BCUT2D eigenvalue weighted by Gasteiger charge is -2.10. The topological polar surface area (TPSA) is 81.1 Å². The van der Waals surface area contributed by atoms with Crippen LogP contribution in [0, 0.1) is 5.92 Å². The monoisotopic (exact) mass is 233 g/mol. The summed E-state index contributed by atoms with van der Waals surface area (Å²) in [5, 5.41) is 3.37. The Hall–Kier alpha value is -1.71. The molecule has 4 heteroatoms. The van der Waals surface area contributed by atoms with Crippen molar-refractivity contribution in [2.45, 2.75) is 32.2 Å². The highest BCUT2D eigenvalue weighted by Gasteiger charge is 2.36. The first kappa shape index (κ1) is 11.8. The number of primary amides is 1. The van der Waals surface area contributed by atoms with E-state index in [2.05, 4.69) is 12.2 Å². The van der Waals surface area contributed by atoms with Crippen LogP contribution in [0.15, 0.2) is 18.2 Å². The second kappa shape index (κ2) is 4.65. The normalized spacial score (nSPS) is 22.2. The Bertz CT molecular complexity index is 431. The van der Waals surface area contributed by atoms with Crippen LogP contribution in [-0.4, -0.2) is 11.9 Å². The maximum atomic E-state index is 11.3. The molecule has 1 fully saturated rings. The second-order valence-corrected chi connectivity index (χ2v) is 4.70. The SMILES string of the molecule is CCCC1CC1Nc1ccc(N)cc1C(N)=O. The van der Waals surface area contributed by atoms with Gasteiger partial charge in [0, 0.05) is 17.4 Å². The number of carbonyl (C=O) groups excluding carboxylic acids is 1. The van der Waals surface area contributed by atoms with E-state index in [1.54, 1.807) is 12.1 Å². The van der Waals surface area contributed by atoms with Gasteiger partial charge in [0.15, 0.2) is 0 Å². The van der Waals surface area contributed by atoms with Crippen molar-refractivity contribution >= 4 is 17.3 Å². The summed E-state index contributed by atoms with van der Waals surface area (Å²) < 4.78 is 0. The number of nitrogen functional groups attached to an aromatic ring is 1. The number of rotatable bonds is 5. The van der Waals surface area contributed by atoms with E-state index in [-0.39, 0.29) is 0 Å². The van der Waals surface area contributed by atoms with Crippen LogP contribution in [0.3, 0.4) is 0 Å². The summed E-state index contributed by atoms with van der Waals surface area (Å²) in [7, 11) is 0. The molecule has 5 N–H and O–H groups in total. The van der Waals surface area contributed by atoms with Gasteiger partial charge in [0.25, 0.3) is 5.91 Å². The fraction of sp³-hybridized carbons (Fsp3) is 0.462. The molecule has 1 aliphatic rings. The summed E-state index contributed by atoms with van der Waals surface area (Å²) in [6.07, 6.45) is 3.61. The molecule has 17 heavy (non-hydrogen) atoms. The predicted octanol–water partition coefficient (Wildman–Crippen LogP) is 1.97. The molecule has 1 aromatic carbocycles. The van der Waals surface area contributed by atoms with Crippen LogP contribution < -0.4 is 16.8 Å². The van der Waals surface area contributed by atoms with E-state index in [1.807, 2.05) is 6.07 Å². The van der Waals surface area contributed by atoms with Crippen molar-refractivity contribution in [2.75, 3.05) is 11.1 Å². The van der Waals surface area contributed by atoms with Crippen LogP contribution in [0.4, 0.5) is 11.4 Å². The van der Waals surface area contributed by atoms with E-state index in [0.717, 1.165) is 11.6 Å². The van der Waals surface area contributed by atoms with Crippen molar-refractivity contribution in [3.8, 4) is 0 Å². The number of benzene rings is 1. The van der Waals surface area contributed by atoms with Crippen LogP contribution in [0.1, 0.15) is 36.5 Å². The lowest BCUT2D eigenvalue weighted by molar-refractivity contribution is 0.100. The van der Waals surface area contributed by atoms with Gasteiger partial charge >= 0.3 is 0 Å². The molecule has 0 spiro atoms. The van der Waals surface area contributed by atoms with Gasteiger partial charge in [0.1, 0.15) is 0 Å². The van der Waals surface area contributed by atoms with Crippen molar-refractivity contribution in [3.63, 3.8) is 0 Å². The minimum atomic E-state index is -0.438. The average Bonchev–Trinajstić information content (AvgIpc) is 2.99. The number of nitrogens with one attached hydrogen (secondary N) is 1. The van der Waals surface area contributed by atoms with Crippen LogP contribution in [0.25, 0.3) is 0 Å².